The van der Waals surface area contributed by atoms with Crippen molar-refractivity contribution in [3.63, 3.8) is 0 Å². The molecule has 10 atom stereocenters. The van der Waals surface area contributed by atoms with Crippen molar-refractivity contribution < 1.29 is 19.7 Å². The highest BCUT2D eigenvalue weighted by Gasteiger charge is 2.70. The van der Waals surface area contributed by atoms with Gasteiger partial charge in [-0.2, -0.15) is 17.0 Å². The summed E-state index contributed by atoms with van der Waals surface area (Å²) in [6.45, 7) is 21.0. The lowest BCUT2D eigenvalue weighted by molar-refractivity contribution is -0.221. The molecule has 8 rings (SSSR count). The number of nitrogens with one attached hydrogen (secondary N) is 1. The average Bonchev–Trinajstić information content (AvgIpc) is 3.61. The van der Waals surface area contributed by atoms with Gasteiger partial charge in [0.05, 0.1) is 5.60 Å². The van der Waals surface area contributed by atoms with E-state index < -0.39 is 17.0 Å². The Balaban J connectivity index is 1.01. The highest BCUT2D eigenvalue weighted by Crippen LogP contribution is 2.76. The van der Waals surface area contributed by atoms with Crippen LogP contribution in [-0.4, -0.2) is 57.0 Å². The summed E-state index contributed by atoms with van der Waals surface area (Å²) >= 11 is 1.97. The third kappa shape index (κ3) is 6.97. The van der Waals surface area contributed by atoms with Crippen molar-refractivity contribution in [3.8, 4) is 11.9 Å². The lowest BCUT2D eigenvalue weighted by atomic mass is 9.33. The fourth-order valence-electron chi connectivity index (χ4n) is 16.1. The number of aliphatic carboxylic acids is 1. The number of carboxylic acid groups (broad SMARTS) is 1. The molecule has 0 bridgehead atoms. The Bertz CT molecular complexity index is 1940. The standard InChI is InChI=1S/C52H75N3O4S/c1-34(2)38-17-26-52(55-31-29-51(58)24-15-37(60-8)16-25-51)28-27-48(6)40(43(38)52)11-12-42-47(5)20-18-39(46(3,4)41(47)19-21-49(42,48)7)35-13-22-50(23-14-35,45(56)57)33-59-44-36(32-53)10-9-30-54-44/h9-10,13,18,30,37-38,40-43,55,58H,1,11-12,14-17,19-29,31,33H2,2-8H3,(H,56,57)/t37?,38-,40+,41-,42+,43+,47-,48+,49+,50+,51?,52-/m0/s1. The number of nitriles is 1. The number of thioether (sulfide) groups is 1. The molecule has 1 aromatic heterocycles. The summed E-state index contributed by atoms with van der Waals surface area (Å²) in [4.78, 5) is 17.0. The minimum absolute atomic E-state index is 0.00564. The average molecular weight is 838 g/mol. The van der Waals surface area contributed by atoms with Crippen LogP contribution in [0.5, 0.6) is 5.88 Å². The van der Waals surface area contributed by atoms with E-state index >= 15 is 0 Å². The van der Waals surface area contributed by atoms with E-state index in [4.69, 9.17) is 4.74 Å². The number of aliphatic hydroxyl groups is 1. The summed E-state index contributed by atoms with van der Waals surface area (Å²) in [5, 5.41) is 36.7. The summed E-state index contributed by atoms with van der Waals surface area (Å²) < 4.78 is 5.96. The molecule has 60 heavy (non-hydrogen) atoms. The number of carboxylic acids is 1. The van der Waals surface area contributed by atoms with E-state index in [0.717, 1.165) is 45.1 Å². The van der Waals surface area contributed by atoms with Crippen LogP contribution < -0.4 is 10.1 Å². The monoisotopic (exact) mass is 838 g/mol. The Morgan fingerprint density at radius 1 is 0.967 bits per heavy atom. The molecule has 7 aliphatic rings. The van der Waals surface area contributed by atoms with Gasteiger partial charge in [-0.3, -0.25) is 4.79 Å². The first-order valence-corrected chi connectivity index (χ1v) is 25.0. The molecule has 3 N–H and O–H groups in total. The second-order valence-electron chi connectivity index (χ2n) is 22.5. The number of carbonyl (C=O) groups is 1. The number of allylic oxidation sites excluding steroid dienone is 5. The van der Waals surface area contributed by atoms with Gasteiger partial charge in [-0.25, -0.2) is 4.98 Å². The number of ether oxygens (including phenoxy) is 1. The van der Waals surface area contributed by atoms with Gasteiger partial charge in [0.15, 0.2) is 0 Å². The first kappa shape index (κ1) is 44.0. The summed E-state index contributed by atoms with van der Waals surface area (Å²) in [6.07, 6.45) is 26.4. The van der Waals surface area contributed by atoms with Crippen LogP contribution >= 0.6 is 11.8 Å². The minimum Gasteiger partial charge on any atom is -0.481 e. The molecule has 0 saturated heterocycles. The number of hydrogen-bond donors (Lipinski definition) is 3. The Kier molecular flexibility index (Phi) is 11.7. The number of rotatable bonds is 11. The maximum absolute atomic E-state index is 12.8. The number of pyridine rings is 1. The predicted molar refractivity (Wildman–Crippen MR) is 243 cm³/mol. The van der Waals surface area contributed by atoms with Crippen molar-refractivity contribution in [2.45, 2.75) is 167 Å². The van der Waals surface area contributed by atoms with Crippen LogP contribution in [0.1, 0.15) is 156 Å². The van der Waals surface area contributed by atoms with Crippen LogP contribution in [0.3, 0.4) is 0 Å². The quantitative estimate of drug-likeness (QED) is 0.189. The Labute approximate surface area is 366 Å². The highest BCUT2D eigenvalue weighted by atomic mass is 32.2. The van der Waals surface area contributed by atoms with Crippen molar-refractivity contribution in [3.05, 3.63) is 59.3 Å². The van der Waals surface area contributed by atoms with Crippen molar-refractivity contribution >= 4 is 17.7 Å². The van der Waals surface area contributed by atoms with Crippen LogP contribution in [0.4, 0.5) is 0 Å². The summed E-state index contributed by atoms with van der Waals surface area (Å²) in [5.41, 5.74) is 3.74. The normalized spacial score (nSPS) is 43.2. The molecule has 0 aliphatic heterocycles. The number of nitrogens with zero attached hydrogens (tertiary/aromatic N) is 2. The van der Waals surface area contributed by atoms with Crippen molar-refractivity contribution in [2.24, 2.45) is 56.7 Å². The molecule has 0 spiro atoms. The van der Waals surface area contributed by atoms with Gasteiger partial charge in [0, 0.05) is 17.0 Å². The summed E-state index contributed by atoms with van der Waals surface area (Å²) in [6, 6.07) is 5.46. The topological polar surface area (TPSA) is 115 Å². The molecule has 7 nitrogen and oxygen atoms in total. The molecule has 1 heterocycles. The Morgan fingerprint density at radius 3 is 2.40 bits per heavy atom. The molecule has 7 aliphatic carbocycles. The molecular weight excluding hydrogens is 763 g/mol. The number of hydrogen-bond acceptors (Lipinski definition) is 7. The van der Waals surface area contributed by atoms with Crippen LogP contribution in [0.2, 0.25) is 0 Å². The summed E-state index contributed by atoms with van der Waals surface area (Å²) in [5.74, 6) is 2.40. The molecule has 1 aromatic rings. The Hall–Kier alpha value is -2.60. The molecule has 328 valence electrons. The fourth-order valence-corrected chi connectivity index (χ4v) is 16.8. The van der Waals surface area contributed by atoms with E-state index in [-0.39, 0.29) is 39.7 Å². The van der Waals surface area contributed by atoms with Gasteiger partial charge in [0.2, 0.25) is 5.88 Å². The van der Waals surface area contributed by atoms with Crippen molar-refractivity contribution in [1.82, 2.24) is 10.3 Å². The lowest BCUT2D eigenvalue weighted by Crippen LogP contribution is -2.68. The molecule has 0 aromatic carbocycles. The van der Waals surface area contributed by atoms with E-state index in [1.54, 1.807) is 18.3 Å². The van der Waals surface area contributed by atoms with Crippen LogP contribution in [0.25, 0.3) is 0 Å². The van der Waals surface area contributed by atoms with E-state index in [1.165, 1.54) is 68.1 Å². The fraction of sp³-hybridized carbons (Fsp3) is 0.750. The highest BCUT2D eigenvalue weighted by molar-refractivity contribution is 7.99. The third-order valence-electron chi connectivity index (χ3n) is 19.7. The van der Waals surface area contributed by atoms with Crippen molar-refractivity contribution in [2.75, 3.05) is 19.4 Å². The molecule has 5 saturated carbocycles. The second-order valence-corrected chi connectivity index (χ2v) is 23.6. The summed E-state index contributed by atoms with van der Waals surface area (Å²) in [7, 11) is 0. The number of fused-ring (bicyclic) bond motifs is 7. The first-order valence-electron chi connectivity index (χ1n) is 23.7. The third-order valence-corrected chi connectivity index (χ3v) is 20.8. The van der Waals surface area contributed by atoms with Crippen LogP contribution in [0, 0.1) is 68.0 Å². The SMILES string of the molecule is C=C(C)[C@@H]1CC[C@]2(NCCC3(O)CCC(SC)CC3)CC[C@]3(C)[C@H](CC[C@@H]4[C@@]5(C)CC=C(C6=CC[C@@](COc7ncccc7C#N)(C(=O)O)CC6)C(C)(C)[C@@H]5CC[C@]43C)[C@@H]12. The maximum atomic E-state index is 12.8. The maximum Gasteiger partial charge on any atom is 0.313 e. The molecule has 8 heteroatoms. The van der Waals surface area contributed by atoms with E-state index in [9.17, 15) is 20.3 Å². The smallest absolute Gasteiger partial charge is 0.313 e. The molecule has 0 radical (unpaired) electrons. The van der Waals surface area contributed by atoms with Gasteiger partial charge < -0.3 is 20.3 Å². The zero-order valence-electron chi connectivity index (χ0n) is 38.0. The van der Waals surface area contributed by atoms with Crippen molar-refractivity contribution in [1.29, 1.82) is 5.26 Å². The second kappa shape index (κ2) is 15.9. The van der Waals surface area contributed by atoms with Gasteiger partial charge >= 0.3 is 5.97 Å². The van der Waals surface area contributed by atoms with Crippen LogP contribution in [0.15, 0.2) is 53.8 Å². The minimum atomic E-state index is -1.05. The largest absolute Gasteiger partial charge is 0.481 e. The zero-order valence-corrected chi connectivity index (χ0v) is 38.8. The first-order chi connectivity index (χ1) is 28.4. The zero-order chi connectivity index (χ0) is 42.9. The molecule has 5 fully saturated rings. The molecule has 0 unspecified atom stereocenters. The van der Waals surface area contributed by atoms with E-state index in [0.29, 0.717) is 59.7 Å². The molecule has 0 amide bonds. The lowest BCUT2D eigenvalue weighted by Gasteiger charge is -2.72. The van der Waals surface area contributed by atoms with Gasteiger partial charge in [0.25, 0.3) is 0 Å². The molecular formula is C52H75N3O4S. The van der Waals surface area contributed by atoms with Gasteiger partial charge in [-0.15, -0.1) is 0 Å². The van der Waals surface area contributed by atoms with Gasteiger partial charge in [-0.1, -0.05) is 58.9 Å². The predicted octanol–water partition coefficient (Wildman–Crippen LogP) is 11.5. The van der Waals surface area contributed by atoms with Gasteiger partial charge in [0.1, 0.15) is 23.7 Å². The van der Waals surface area contributed by atoms with E-state index in [2.05, 4.69) is 82.9 Å². The Morgan fingerprint density at radius 2 is 1.73 bits per heavy atom. The number of aromatic nitrogens is 1. The van der Waals surface area contributed by atoms with Crippen LogP contribution in [-0.2, 0) is 4.79 Å². The van der Waals surface area contributed by atoms with E-state index in [1.807, 2.05) is 11.8 Å². The van der Waals surface area contributed by atoms with Gasteiger partial charge in [-0.05, 0) is 203 Å².